The maximum atomic E-state index is 13.7. The lowest BCUT2D eigenvalue weighted by atomic mass is 9.67. The molecule has 2 rings (SSSR count). The van der Waals surface area contributed by atoms with Crippen LogP contribution < -0.4 is 0 Å². The third kappa shape index (κ3) is 2.48. The zero-order valence-corrected chi connectivity index (χ0v) is 11.0. The van der Waals surface area contributed by atoms with Crippen molar-refractivity contribution in [3.63, 3.8) is 0 Å². The van der Waals surface area contributed by atoms with E-state index in [0.29, 0.717) is 12.8 Å². The van der Waals surface area contributed by atoms with E-state index in [-0.39, 0.29) is 11.1 Å². The quantitative estimate of drug-likeness (QED) is 0.896. The second-order valence-electron chi connectivity index (χ2n) is 5.38. The molecular weight excluding hydrogens is 250 g/mol. The molecule has 0 bridgehead atoms. The molecule has 0 aliphatic heterocycles. The smallest absolute Gasteiger partial charge is 0.314 e. The van der Waals surface area contributed by atoms with Crippen LogP contribution in [0.5, 0.6) is 0 Å². The van der Waals surface area contributed by atoms with Gasteiger partial charge in [0.15, 0.2) is 0 Å². The fourth-order valence-corrected chi connectivity index (χ4v) is 3.04. The van der Waals surface area contributed by atoms with E-state index < -0.39 is 17.3 Å². The van der Waals surface area contributed by atoms with Crippen LogP contribution in [0.3, 0.4) is 0 Å². The fraction of sp³-hybridized carbons (Fsp3) is 0.533. The van der Waals surface area contributed by atoms with Crippen LogP contribution in [0.4, 0.5) is 8.78 Å². The van der Waals surface area contributed by atoms with E-state index >= 15 is 0 Å². The van der Waals surface area contributed by atoms with Gasteiger partial charge < -0.3 is 5.11 Å². The first-order chi connectivity index (χ1) is 8.88. The molecular formula is C15H18F2O2. The van der Waals surface area contributed by atoms with E-state index in [4.69, 9.17) is 0 Å². The van der Waals surface area contributed by atoms with Crippen LogP contribution in [0.1, 0.15) is 50.2 Å². The third-order valence-electron chi connectivity index (χ3n) is 4.03. The monoisotopic (exact) mass is 268 g/mol. The van der Waals surface area contributed by atoms with Crippen LogP contribution in [0.25, 0.3) is 0 Å². The molecule has 1 aliphatic rings. The third-order valence-corrected chi connectivity index (χ3v) is 4.03. The lowest BCUT2D eigenvalue weighted by Gasteiger charge is -2.36. The average molecular weight is 268 g/mol. The van der Waals surface area contributed by atoms with Crippen molar-refractivity contribution in [2.45, 2.75) is 50.4 Å². The summed E-state index contributed by atoms with van der Waals surface area (Å²) in [7, 11) is 0. The van der Waals surface area contributed by atoms with Gasteiger partial charge in [0, 0.05) is 12.5 Å². The Morgan fingerprint density at radius 1 is 1.21 bits per heavy atom. The summed E-state index contributed by atoms with van der Waals surface area (Å²) < 4.78 is 27.4. The highest BCUT2D eigenvalue weighted by Gasteiger charge is 2.45. The van der Waals surface area contributed by atoms with Gasteiger partial charge in [-0.05, 0) is 18.4 Å². The molecule has 1 aromatic carbocycles. The first-order valence-corrected chi connectivity index (χ1v) is 6.59. The van der Waals surface area contributed by atoms with Crippen LogP contribution in [0.2, 0.25) is 0 Å². The lowest BCUT2D eigenvalue weighted by molar-refractivity contribution is -0.145. The second kappa shape index (κ2) is 4.91. The Morgan fingerprint density at radius 3 is 2.32 bits per heavy atom. The van der Waals surface area contributed by atoms with Crippen LogP contribution >= 0.6 is 0 Å². The molecule has 2 nitrogen and oxygen atoms in total. The van der Waals surface area contributed by atoms with Gasteiger partial charge in [-0.25, -0.2) is 8.78 Å². The highest BCUT2D eigenvalue weighted by Crippen LogP contribution is 2.44. The summed E-state index contributed by atoms with van der Waals surface area (Å²) >= 11 is 0. The van der Waals surface area contributed by atoms with Gasteiger partial charge in [-0.15, -0.1) is 0 Å². The zero-order valence-electron chi connectivity index (χ0n) is 11.0. The number of hydrogen-bond acceptors (Lipinski definition) is 1. The van der Waals surface area contributed by atoms with E-state index in [0.717, 1.165) is 26.2 Å². The van der Waals surface area contributed by atoms with Gasteiger partial charge in [0.25, 0.3) is 5.92 Å². The Balaban J connectivity index is 2.58. The normalized spacial score (nSPS) is 19.1. The van der Waals surface area contributed by atoms with Gasteiger partial charge >= 0.3 is 5.97 Å². The van der Waals surface area contributed by atoms with E-state index in [1.165, 1.54) is 12.1 Å². The molecule has 0 amide bonds. The molecule has 0 spiro atoms. The summed E-state index contributed by atoms with van der Waals surface area (Å²) in [5.41, 5.74) is -1.01. The van der Waals surface area contributed by atoms with E-state index in [2.05, 4.69) is 0 Å². The largest absolute Gasteiger partial charge is 0.481 e. The topological polar surface area (TPSA) is 37.3 Å². The highest BCUT2D eigenvalue weighted by molar-refractivity contribution is 5.82. The number of carboxylic acid groups (broad SMARTS) is 1. The van der Waals surface area contributed by atoms with E-state index in [1.807, 2.05) is 0 Å². The first kappa shape index (κ1) is 14.0. The SMILES string of the molecule is CC(F)(F)c1ccccc1C1(C(=O)O)CCCCC1. The number of alkyl halides is 2. The van der Waals surface area contributed by atoms with E-state index in [9.17, 15) is 18.7 Å². The molecule has 0 atom stereocenters. The van der Waals surface area contributed by atoms with Crippen molar-refractivity contribution in [1.29, 1.82) is 0 Å². The number of rotatable bonds is 3. The summed E-state index contributed by atoms with van der Waals surface area (Å²) in [6, 6.07) is 6.07. The fourth-order valence-electron chi connectivity index (χ4n) is 3.04. The van der Waals surface area contributed by atoms with Gasteiger partial charge in [-0.1, -0.05) is 43.5 Å². The van der Waals surface area contributed by atoms with Gasteiger partial charge in [0.2, 0.25) is 0 Å². The standard InChI is InChI=1S/C15H18F2O2/c1-14(16,17)11-7-3-4-8-12(11)15(13(18)19)9-5-2-6-10-15/h3-4,7-8H,2,5-6,9-10H2,1H3,(H,18,19). The number of benzene rings is 1. The van der Waals surface area contributed by atoms with Gasteiger partial charge in [0.05, 0.1) is 5.41 Å². The minimum atomic E-state index is -3.02. The summed E-state index contributed by atoms with van der Waals surface area (Å²) in [5, 5.41) is 9.59. The number of halogens is 2. The minimum Gasteiger partial charge on any atom is -0.481 e. The van der Waals surface area contributed by atoms with Crippen molar-refractivity contribution >= 4 is 5.97 Å². The van der Waals surface area contributed by atoms with Crippen molar-refractivity contribution in [3.05, 3.63) is 35.4 Å². The molecule has 0 heterocycles. The molecule has 1 fully saturated rings. The molecule has 0 unspecified atom stereocenters. The summed E-state index contributed by atoms with van der Waals surface area (Å²) in [5.74, 6) is -4.00. The Morgan fingerprint density at radius 2 is 1.79 bits per heavy atom. The molecule has 0 aromatic heterocycles. The number of aliphatic carboxylic acids is 1. The molecule has 1 aliphatic carbocycles. The van der Waals surface area contributed by atoms with Crippen LogP contribution in [0, 0.1) is 0 Å². The Kier molecular flexibility index (Phi) is 3.61. The molecule has 1 N–H and O–H groups in total. The van der Waals surface area contributed by atoms with Crippen LogP contribution in [-0.2, 0) is 16.1 Å². The summed E-state index contributed by atoms with van der Waals surface area (Å²) in [6.07, 6.45) is 3.40. The molecule has 1 aromatic rings. The minimum absolute atomic E-state index is 0.153. The average Bonchev–Trinajstić information content (AvgIpc) is 2.38. The molecule has 0 saturated heterocycles. The molecule has 1 saturated carbocycles. The Labute approximate surface area is 111 Å². The lowest BCUT2D eigenvalue weighted by Crippen LogP contribution is -2.39. The number of carboxylic acids is 1. The van der Waals surface area contributed by atoms with E-state index in [1.54, 1.807) is 12.1 Å². The zero-order chi connectivity index (χ0) is 14.1. The van der Waals surface area contributed by atoms with Crippen molar-refractivity contribution in [2.24, 2.45) is 0 Å². The second-order valence-corrected chi connectivity index (χ2v) is 5.38. The number of carbonyl (C=O) groups is 1. The summed E-state index contributed by atoms with van der Waals surface area (Å²) in [6.45, 7) is 0.824. The van der Waals surface area contributed by atoms with Crippen molar-refractivity contribution in [3.8, 4) is 0 Å². The van der Waals surface area contributed by atoms with Gasteiger partial charge in [-0.3, -0.25) is 4.79 Å². The Hall–Kier alpha value is -1.45. The van der Waals surface area contributed by atoms with Crippen molar-refractivity contribution in [2.75, 3.05) is 0 Å². The number of hydrogen-bond donors (Lipinski definition) is 1. The molecule has 0 radical (unpaired) electrons. The van der Waals surface area contributed by atoms with Crippen molar-refractivity contribution < 1.29 is 18.7 Å². The van der Waals surface area contributed by atoms with Crippen molar-refractivity contribution in [1.82, 2.24) is 0 Å². The predicted octanol–water partition coefficient (Wildman–Crippen LogP) is 4.08. The maximum Gasteiger partial charge on any atom is 0.314 e. The molecule has 4 heteroatoms. The van der Waals surface area contributed by atoms with Crippen LogP contribution in [-0.4, -0.2) is 11.1 Å². The van der Waals surface area contributed by atoms with Gasteiger partial charge in [0.1, 0.15) is 0 Å². The van der Waals surface area contributed by atoms with Gasteiger partial charge in [-0.2, -0.15) is 0 Å². The summed E-state index contributed by atoms with van der Waals surface area (Å²) in [4.78, 5) is 11.7. The maximum absolute atomic E-state index is 13.7. The Bertz CT molecular complexity index is 471. The van der Waals surface area contributed by atoms with Crippen LogP contribution in [0.15, 0.2) is 24.3 Å². The molecule has 19 heavy (non-hydrogen) atoms. The first-order valence-electron chi connectivity index (χ1n) is 6.59. The molecule has 104 valence electrons. The predicted molar refractivity (Wildman–Crippen MR) is 68.4 cm³/mol. The highest BCUT2D eigenvalue weighted by atomic mass is 19.3.